The van der Waals surface area contributed by atoms with E-state index in [9.17, 15) is 9.90 Å². The number of amides is 1. The molecule has 0 unspecified atom stereocenters. The number of aryl methyl sites for hydroxylation is 2. The Kier molecular flexibility index (Phi) is 4.61. The fourth-order valence-electron chi connectivity index (χ4n) is 3.94. The highest BCUT2D eigenvalue weighted by atomic mass is 32.1. The SMILES string of the molecule is O=C(c1cc2c(s1)CCCCC2)N1CCC(O)(c2cccnc2)CC1. The lowest BCUT2D eigenvalue weighted by molar-refractivity contribution is -0.0212. The van der Waals surface area contributed by atoms with Gasteiger partial charge in [0.25, 0.3) is 5.91 Å². The first-order chi connectivity index (χ1) is 12.2. The minimum atomic E-state index is -0.863. The van der Waals surface area contributed by atoms with E-state index < -0.39 is 5.60 Å². The molecule has 0 aromatic carbocycles. The van der Waals surface area contributed by atoms with Gasteiger partial charge >= 0.3 is 0 Å². The first-order valence-corrected chi connectivity index (χ1v) is 10.0. The van der Waals surface area contributed by atoms with E-state index in [0.717, 1.165) is 23.3 Å². The molecule has 0 radical (unpaired) electrons. The number of piperidine rings is 1. The molecule has 2 aromatic rings. The highest BCUT2D eigenvalue weighted by Gasteiger charge is 2.36. The van der Waals surface area contributed by atoms with Gasteiger partial charge in [0.1, 0.15) is 0 Å². The number of aliphatic hydroxyl groups is 1. The lowest BCUT2D eigenvalue weighted by Crippen LogP contribution is -2.45. The summed E-state index contributed by atoms with van der Waals surface area (Å²) in [6, 6.07) is 5.89. The molecule has 25 heavy (non-hydrogen) atoms. The standard InChI is InChI=1S/C20H24N2O2S/c23-19(18-13-15-5-2-1-3-7-17(15)25-18)22-11-8-20(24,9-12-22)16-6-4-10-21-14-16/h4,6,10,13-14,24H,1-3,5,7-9,11-12H2. The maximum Gasteiger partial charge on any atom is 0.263 e. The molecular weight excluding hydrogens is 332 g/mol. The van der Waals surface area contributed by atoms with E-state index in [2.05, 4.69) is 11.1 Å². The van der Waals surface area contributed by atoms with E-state index in [1.54, 1.807) is 23.7 Å². The lowest BCUT2D eigenvalue weighted by atomic mass is 9.85. The minimum Gasteiger partial charge on any atom is -0.385 e. The van der Waals surface area contributed by atoms with Crippen molar-refractivity contribution < 1.29 is 9.90 Å². The minimum absolute atomic E-state index is 0.131. The van der Waals surface area contributed by atoms with Crippen molar-refractivity contribution in [1.82, 2.24) is 9.88 Å². The van der Waals surface area contributed by atoms with E-state index in [0.29, 0.717) is 25.9 Å². The van der Waals surface area contributed by atoms with Crippen molar-refractivity contribution in [1.29, 1.82) is 0 Å². The molecule has 5 heteroatoms. The Hall–Kier alpha value is -1.72. The largest absolute Gasteiger partial charge is 0.385 e. The quantitative estimate of drug-likeness (QED) is 0.838. The molecule has 1 N–H and O–H groups in total. The molecule has 4 nitrogen and oxygen atoms in total. The molecule has 0 spiro atoms. The summed E-state index contributed by atoms with van der Waals surface area (Å²) >= 11 is 1.68. The zero-order valence-electron chi connectivity index (χ0n) is 14.4. The smallest absolute Gasteiger partial charge is 0.263 e. The van der Waals surface area contributed by atoms with Crippen LogP contribution in [0.25, 0.3) is 0 Å². The van der Waals surface area contributed by atoms with Gasteiger partial charge in [-0.15, -0.1) is 11.3 Å². The Labute approximate surface area is 152 Å². The summed E-state index contributed by atoms with van der Waals surface area (Å²) in [6.45, 7) is 1.18. The Bertz CT molecular complexity index is 725. The number of thiophene rings is 1. The van der Waals surface area contributed by atoms with Gasteiger partial charge in [0.2, 0.25) is 0 Å². The fourth-order valence-corrected chi connectivity index (χ4v) is 5.16. The predicted octanol–water partition coefficient (Wildman–Crippen LogP) is 3.54. The lowest BCUT2D eigenvalue weighted by Gasteiger charge is -2.38. The zero-order valence-corrected chi connectivity index (χ0v) is 15.2. The van der Waals surface area contributed by atoms with Crippen LogP contribution in [0.5, 0.6) is 0 Å². The van der Waals surface area contributed by atoms with Crippen molar-refractivity contribution in [2.75, 3.05) is 13.1 Å². The second-order valence-electron chi connectivity index (χ2n) is 7.19. The molecule has 1 aliphatic carbocycles. The van der Waals surface area contributed by atoms with Crippen LogP contribution in [0.1, 0.15) is 57.8 Å². The molecule has 1 aliphatic heterocycles. The average Bonchev–Trinajstić information content (AvgIpc) is 2.93. The second kappa shape index (κ2) is 6.89. The molecule has 1 saturated heterocycles. The van der Waals surface area contributed by atoms with Gasteiger partial charge in [0, 0.05) is 35.9 Å². The average molecular weight is 356 g/mol. The number of fused-ring (bicyclic) bond motifs is 1. The summed E-state index contributed by atoms with van der Waals surface area (Å²) in [5.41, 5.74) is 1.37. The Morgan fingerprint density at radius 2 is 2.00 bits per heavy atom. The molecule has 0 saturated carbocycles. The van der Waals surface area contributed by atoms with Crippen LogP contribution in [0.15, 0.2) is 30.6 Å². The number of hydrogen-bond donors (Lipinski definition) is 1. The van der Waals surface area contributed by atoms with Gasteiger partial charge in [0.15, 0.2) is 0 Å². The maximum absolute atomic E-state index is 12.9. The normalized spacial score (nSPS) is 20.0. The molecule has 2 aliphatic rings. The van der Waals surface area contributed by atoms with Gasteiger partial charge in [-0.3, -0.25) is 9.78 Å². The summed E-state index contributed by atoms with van der Waals surface area (Å²) in [7, 11) is 0. The van der Waals surface area contributed by atoms with Crippen LogP contribution in [-0.2, 0) is 18.4 Å². The van der Waals surface area contributed by atoms with Crippen molar-refractivity contribution in [2.45, 2.75) is 50.5 Å². The van der Waals surface area contributed by atoms with E-state index in [-0.39, 0.29) is 5.91 Å². The Balaban J connectivity index is 1.45. The van der Waals surface area contributed by atoms with Crippen molar-refractivity contribution in [3.05, 3.63) is 51.5 Å². The maximum atomic E-state index is 12.9. The summed E-state index contributed by atoms with van der Waals surface area (Å²) in [4.78, 5) is 21.2. The molecule has 3 heterocycles. The third-order valence-electron chi connectivity index (χ3n) is 5.53. The molecule has 132 valence electrons. The number of pyridine rings is 1. The Morgan fingerprint density at radius 1 is 1.20 bits per heavy atom. The monoisotopic (exact) mass is 356 g/mol. The first kappa shape index (κ1) is 16.7. The second-order valence-corrected chi connectivity index (χ2v) is 8.32. The zero-order chi connectivity index (χ0) is 17.3. The van der Waals surface area contributed by atoms with Crippen LogP contribution < -0.4 is 0 Å². The molecule has 4 rings (SSSR count). The van der Waals surface area contributed by atoms with Gasteiger partial charge in [-0.2, -0.15) is 0 Å². The topological polar surface area (TPSA) is 53.4 Å². The van der Waals surface area contributed by atoms with Crippen molar-refractivity contribution in [2.24, 2.45) is 0 Å². The van der Waals surface area contributed by atoms with Crippen LogP contribution in [-0.4, -0.2) is 34.0 Å². The van der Waals surface area contributed by atoms with Crippen LogP contribution in [0, 0.1) is 0 Å². The van der Waals surface area contributed by atoms with E-state index >= 15 is 0 Å². The van der Waals surface area contributed by atoms with Crippen LogP contribution in [0.2, 0.25) is 0 Å². The summed E-state index contributed by atoms with van der Waals surface area (Å²) in [5, 5.41) is 10.9. The number of nitrogens with zero attached hydrogens (tertiary/aromatic N) is 2. The van der Waals surface area contributed by atoms with Gasteiger partial charge in [-0.25, -0.2) is 0 Å². The number of rotatable bonds is 2. The highest BCUT2D eigenvalue weighted by molar-refractivity contribution is 7.14. The van der Waals surface area contributed by atoms with Gasteiger partial charge in [0.05, 0.1) is 10.5 Å². The third kappa shape index (κ3) is 3.35. The Morgan fingerprint density at radius 3 is 2.76 bits per heavy atom. The van der Waals surface area contributed by atoms with Crippen LogP contribution in [0.4, 0.5) is 0 Å². The van der Waals surface area contributed by atoms with Gasteiger partial charge < -0.3 is 10.0 Å². The van der Waals surface area contributed by atoms with E-state index in [1.165, 1.54) is 29.7 Å². The molecule has 0 bridgehead atoms. The predicted molar refractivity (Wildman–Crippen MR) is 98.8 cm³/mol. The molecular formula is C20H24N2O2S. The van der Waals surface area contributed by atoms with Crippen molar-refractivity contribution in [3.63, 3.8) is 0 Å². The number of hydrogen-bond acceptors (Lipinski definition) is 4. The van der Waals surface area contributed by atoms with E-state index in [4.69, 9.17) is 0 Å². The molecule has 0 atom stereocenters. The molecule has 2 aromatic heterocycles. The number of carbonyl (C=O) groups is 1. The fraction of sp³-hybridized carbons (Fsp3) is 0.500. The van der Waals surface area contributed by atoms with Gasteiger partial charge in [-0.05, 0) is 56.2 Å². The molecule has 1 fully saturated rings. The summed E-state index contributed by atoms with van der Waals surface area (Å²) < 4.78 is 0. The third-order valence-corrected chi connectivity index (χ3v) is 6.76. The number of carbonyl (C=O) groups excluding carboxylic acids is 1. The van der Waals surface area contributed by atoms with Crippen LogP contribution in [0.3, 0.4) is 0 Å². The first-order valence-electron chi connectivity index (χ1n) is 9.19. The van der Waals surface area contributed by atoms with E-state index in [1.807, 2.05) is 17.0 Å². The van der Waals surface area contributed by atoms with Crippen LogP contribution >= 0.6 is 11.3 Å². The van der Waals surface area contributed by atoms with Crippen molar-refractivity contribution in [3.8, 4) is 0 Å². The van der Waals surface area contributed by atoms with Gasteiger partial charge in [-0.1, -0.05) is 12.5 Å². The highest BCUT2D eigenvalue weighted by Crippen LogP contribution is 2.34. The van der Waals surface area contributed by atoms with Crippen molar-refractivity contribution >= 4 is 17.2 Å². The number of aromatic nitrogens is 1. The summed E-state index contributed by atoms with van der Waals surface area (Å²) in [6.07, 6.45) is 10.6. The number of likely N-dealkylation sites (tertiary alicyclic amines) is 1. The molecule has 1 amide bonds. The summed E-state index contributed by atoms with van der Waals surface area (Å²) in [5.74, 6) is 0.131.